The maximum atomic E-state index is 13.5. The number of aromatic nitrogens is 2. The minimum Gasteiger partial charge on any atom is -0.467 e. The van der Waals surface area contributed by atoms with Gasteiger partial charge in [-0.3, -0.25) is 14.5 Å². The van der Waals surface area contributed by atoms with Gasteiger partial charge in [-0.2, -0.15) is 0 Å². The van der Waals surface area contributed by atoms with E-state index in [2.05, 4.69) is 14.9 Å². The van der Waals surface area contributed by atoms with Crippen molar-refractivity contribution in [2.24, 2.45) is 0 Å². The number of carbonyl (C=O) groups is 2. The van der Waals surface area contributed by atoms with Crippen LogP contribution in [0.4, 0.5) is 5.69 Å². The van der Waals surface area contributed by atoms with Crippen molar-refractivity contribution < 1.29 is 14.0 Å². The summed E-state index contributed by atoms with van der Waals surface area (Å²) in [7, 11) is 0. The Morgan fingerprint density at radius 1 is 1.21 bits per heavy atom. The summed E-state index contributed by atoms with van der Waals surface area (Å²) in [6, 6.07) is 8.10. The Morgan fingerprint density at radius 2 is 1.97 bits per heavy atom. The number of nitrogens with zero attached hydrogens (tertiary/aromatic N) is 3. The molecule has 1 atom stereocenters. The molecule has 0 fully saturated rings. The van der Waals surface area contributed by atoms with Gasteiger partial charge >= 0.3 is 0 Å². The molecule has 0 bridgehead atoms. The Morgan fingerprint density at radius 3 is 2.52 bits per heavy atom. The summed E-state index contributed by atoms with van der Waals surface area (Å²) in [5, 5.41) is 8.45. The van der Waals surface area contributed by atoms with Gasteiger partial charge in [0.15, 0.2) is 11.7 Å². The molecular weight excluding hydrogens is 388 g/mol. The number of nitrogens with one attached hydrogen (secondary N) is 1. The highest BCUT2D eigenvalue weighted by atomic mass is 32.1. The monoisotopic (exact) mass is 412 g/mol. The summed E-state index contributed by atoms with van der Waals surface area (Å²) in [6.45, 7) is 9.54. The molecule has 2 amide bonds. The van der Waals surface area contributed by atoms with Crippen LogP contribution in [0.3, 0.4) is 0 Å². The second-order valence-corrected chi connectivity index (χ2v) is 8.52. The average molecular weight is 413 g/mol. The number of benzene rings is 1. The van der Waals surface area contributed by atoms with Crippen molar-refractivity contribution in [2.75, 3.05) is 4.90 Å². The van der Waals surface area contributed by atoms with Crippen LogP contribution >= 0.6 is 11.5 Å². The Balaban J connectivity index is 2.17. The van der Waals surface area contributed by atoms with E-state index < -0.39 is 17.5 Å². The van der Waals surface area contributed by atoms with Gasteiger partial charge in [0.2, 0.25) is 0 Å². The van der Waals surface area contributed by atoms with E-state index in [1.54, 1.807) is 17.5 Å². The molecule has 3 rings (SSSR count). The molecule has 0 saturated heterocycles. The molecule has 0 aliphatic rings. The van der Waals surface area contributed by atoms with Crippen molar-refractivity contribution in [3.63, 3.8) is 0 Å². The normalized spacial score (nSPS) is 12.4. The molecule has 2 aromatic heterocycles. The van der Waals surface area contributed by atoms with E-state index >= 15 is 0 Å². The molecule has 3 aromatic rings. The van der Waals surface area contributed by atoms with Crippen LogP contribution in [0.5, 0.6) is 0 Å². The first-order chi connectivity index (χ1) is 13.7. The SMILES string of the molecule is Cc1ccc(N(C(=O)c2csnn2)[C@H](C(=O)NC(C)(C)C)c2ccco2)c(C)c1. The number of carbonyl (C=O) groups excluding carboxylic acids is 2. The second-order valence-electron chi connectivity index (χ2n) is 7.91. The van der Waals surface area contributed by atoms with Crippen molar-refractivity contribution >= 4 is 29.0 Å². The molecule has 0 aliphatic carbocycles. The summed E-state index contributed by atoms with van der Waals surface area (Å²) in [4.78, 5) is 28.2. The Kier molecular flexibility index (Phi) is 5.83. The summed E-state index contributed by atoms with van der Waals surface area (Å²) < 4.78 is 9.38. The van der Waals surface area contributed by atoms with E-state index in [1.165, 1.54) is 11.2 Å². The number of rotatable bonds is 5. The van der Waals surface area contributed by atoms with E-state index in [1.807, 2.05) is 52.8 Å². The zero-order valence-electron chi connectivity index (χ0n) is 17.1. The van der Waals surface area contributed by atoms with E-state index in [4.69, 9.17) is 4.42 Å². The van der Waals surface area contributed by atoms with E-state index in [0.717, 1.165) is 22.7 Å². The molecule has 8 heteroatoms. The third kappa shape index (κ3) is 4.71. The van der Waals surface area contributed by atoms with Crippen molar-refractivity contribution in [3.8, 4) is 0 Å². The number of furan rings is 1. The largest absolute Gasteiger partial charge is 0.467 e. The molecule has 152 valence electrons. The zero-order valence-corrected chi connectivity index (χ0v) is 17.9. The lowest BCUT2D eigenvalue weighted by atomic mass is 10.0. The van der Waals surface area contributed by atoms with Gasteiger partial charge in [-0.1, -0.05) is 22.2 Å². The van der Waals surface area contributed by atoms with E-state index in [0.29, 0.717) is 11.4 Å². The predicted octanol–water partition coefficient (Wildman–Crippen LogP) is 4.05. The lowest BCUT2D eigenvalue weighted by molar-refractivity contribution is -0.124. The van der Waals surface area contributed by atoms with Crippen LogP contribution in [0, 0.1) is 13.8 Å². The fourth-order valence-electron chi connectivity index (χ4n) is 3.08. The summed E-state index contributed by atoms with van der Waals surface area (Å²) in [5.41, 5.74) is 2.22. The molecule has 0 aliphatic heterocycles. The Bertz CT molecular complexity index is 992. The predicted molar refractivity (Wildman–Crippen MR) is 112 cm³/mol. The van der Waals surface area contributed by atoms with E-state index in [9.17, 15) is 9.59 Å². The second kappa shape index (κ2) is 8.16. The zero-order chi connectivity index (χ0) is 21.2. The Labute approximate surface area is 173 Å². The van der Waals surface area contributed by atoms with Crippen LogP contribution < -0.4 is 10.2 Å². The smallest absolute Gasteiger partial charge is 0.280 e. The minimum atomic E-state index is -1.00. The number of anilines is 1. The molecule has 0 saturated carbocycles. The lowest BCUT2D eigenvalue weighted by Crippen LogP contribution is -2.49. The molecule has 1 N–H and O–H groups in total. The van der Waals surface area contributed by atoms with Gasteiger partial charge in [0.1, 0.15) is 5.76 Å². The summed E-state index contributed by atoms with van der Waals surface area (Å²) >= 11 is 1.08. The molecule has 7 nitrogen and oxygen atoms in total. The van der Waals surface area contributed by atoms with Crippen molar-refractivity contribution in [1.29, 1.82) is 0 Å². The third-order valence-electron chi connectivity index (χ3n) is 4.23. The van der Waals surface area contributed by atoms with Crippen LogP contribution in [0.2, 0.25) is 0 Å². The number of hydrogen-bond acceptors (Lipinski definition) is 6. The van der Waals surface area contributed by atoms with Gasteiger partial charge < -0.3 is 9.73 Å². The first-order valence-corrected chi connectivity index (χ1v) is 10.0. The first kappa shape index (κ1) is 20.7. The highest BCUT2D eigenvalue weighted by Crippen LogP contribution is 2.33. The lowest BCUT2D eigenvalue weighted by Gasteiger charge is -2.32. The molecule has 29 heavy (non-hydrogen) atoms. The molecule has 1 aromatic carbocycles. The van der Waals surface area contributed by atoms with Crippen LogP contribution in [0.15, 0.2) is 46.4 Å². The molecule has 0 unspecified atom stereocenters. The maximum Gasteiger partial charge on any atom is 0.280 e. The van der Waals surface area contributed by atoms with Crippen molar-refractivity contribution in [2.45, 2.75) is 46.2 Å². The van der Waals surface area contributed by atoms with Crippen molar-refractivity contribution in [1.82, 2.24) is 14.9 Å². The Hall–Kier alpha value is -3.00. The van der Waals surface area contributed by atoms with Crippen LogP contribution in [0.1, 0.15) is 54.2 Å². The molecule has 0 spiro atoms. The molecule has 0 radical (unpaired) electrons. The first-order valence-electron chi connectivity index (χ1n) is 9.20. The molecular formula is C21H24N4O3S. The van der Waals surface area contributed by atoms with Gasteiger partial charge in [-0.05, 0) is 69.9 Å². The highest BCUT2D eigenvalue weighted by molar-refractivity contribution is 7.03. The van der Waals surface area contributed by atoms with Crippen LogP contribution in [-0.4, -0.2) is 26.9 Å². The third-order valence-corrected chi connectivity index (χ3v) is 4.73. The van der Waals surface area contributed by atoms with Gasteiger partial charge in [0.25, 0.3) is 11.8 Å². The quantitative estimate of drug-likeness (QED) is 0.683. The molecule has 2 heterocycles. The van der Waals surface area contributed by atoms with Crippen molar-refractivity contribution in [3.05, 3.63) is 64.6 Å². The number of amides is 2. The van der Waals surface area contributed by atoms with Crippen LogP contribution in [-0.2, 0) is 4.79 Å². The summed E-state index contributed by atoms with van der Waals surface area (Å²) in [6.07, 6.45) is 1.49. The fraction of sp³-hybridized carbons (Fsp3) is 0.333. The van der Waals surface area contributed by atoms with Gasteiger partial charge in [0.05, 0.1) is 6.26 Å². The fourth-order valence-corrected chi connectivity index (χ4v) is 3.51. The van der Waals surface area contributed by atoms with Crippen LogP contribution in [0.25, 0.3) is 0 Å². The minimum absolute atomic E-state index is 0.176. The van der Waals surface area contributed by atoms with Gasteiger partial charge in [-0.15, -0.1) is 5.10 Å². The topological polar surface area (TPSA) is 88.3 Å². The average Bonchev–Trinajstić information content (AvgIpc) is 3.32. The number of hydrogen-bond donors (Lipinski definition) is 1. The number of aryl methyl sites for hydroxylation is 2. The maximum absolute atomic E-state index is 13.5. The van der Waals surface area contributed by atoms with Gasteiger partial charge in [-0.25, -0.2) is 0 Å². The summed E-state index contributed by atoms with van der Waals surface area (Å²) in [5.74, 6) is -0.400. The van der Waals surface area contributed by atoms with E-state index in [-0.39, 0.29) is 11.6 Å². The standard InChI is InChI=1S/C21H24N4O3S/c1-13-8-9-16(14(2)11-13)25(20(27)15-12-29-24-23-15)18(17-7-6-10-28-17)19(26)22-21(3,4)5/h6-12,18H,1-5H3,(H,22,26)/t18-/m0/s1. The van der Waals surface area contributed by atoms with Gasteiger partial charge in [0, 0.05) is 16.6 Å². The highest BCUT2D eigenvalue weighted by Gasteiger charge is 2.38.